The molecule has 0 saturated carbocycles. The molecule has 0 saturated heterocycles. The van der Waals surface area contributed by atoms with E-state index in [1.807, 2.05) is 37.7 Å². The van der Waals surface area contributed by atoms with Gasteiger partial charge in [0.05, 0.1) is 16.7 Å². The molecule has 0 spiro atoms. The highest BCUT2D eigenvalue weighted by Crippen LogP contribution is 2.33. The smallest absolute Gasteiger partial charge is 0.159 e. The van der Waals surface area contributed by atoms with E-state index in [2.05, 4.69) is 78.3 Å². The minimum atomic E-state index is 0.677. The van der Waals surface area contributed by atoms with Crippen molar-refractivity contribution in [2.45, 2.75) is 34.1 Å². The zero-order valence-electron chi connectivity index (χ0n) is 21.6. The van der Waals surface area contributed by atoms with Crippen molar-refractivity contribution in [1.82, 2.24) is 29.9 Å². The average Bonchev–Trinajstić information content (AvgIpc) is 3.62. The Morgan fingerprint density at radius 1 is 1.19 bits per heavy atom. The fourth-order valence-electron chi connectivity index (χ4n) is 4.08. The lowest BCUT2D eigenvalue weighted by Gasteiger charge is -2.02. The van der Waals surface area contributed by atoms with E-state index < -0.39 is 0 Å². The van der Waals surface area contributed by atoms with Crippen LogP contribution in [0.4, 0.5) is 0 Å². The van der Waals surface area contributed by atoms with Crippen LogP contribution in [-0.2, 0) is 13.5 Å². The summed E-state index contributed by atoms with van der Waals surface area (Å²) in [6, 6.07) is 4.20. The summed E-state index contributed by atoms with van der Waals surface area (Å²) in [7, 11) is 1.95. The summed E-state index contributed by atoms with van der Waals surface area (Å²) in [6.45, 7) is 20.5. The van der Waals surface area contributed by atoms with E-state index in [1.165, 1.54) is 0 Å². The van der Waals surface area contributed by atoms with Gasteiger partial charge in [0.1, 0.15) is 5.69 Å². The van der Waals surface area contributed by atoms with Crippen LogP contribution in [0.25, 0.3) is 40.9 Å². The van der Waals surface area contributed by atoms with Crippen LogP contribution in [0.5, 0.6) is 0 Å². The van der Waals surface area contributed by atoms with Gasteiger partial charge in [-0.25, -0.2) is 4.98 Å². The third-order valence-electron chi connectivity index (χ3n) is 6.00. The van der Waals surface area contributed by atoms with Crippen LogP contribution in [0.1, 0.15) is 53.2 Å². The lowest BCUT2D eigenvalue weighted by atomic mass is 10.1. The summed E-state index contributed by atoms with van der Waals surface area (Å²) in [5, 5.41) is 13.8. The number of thiophene rings is 1. The molecule has 0 bridgehead atoms. The predicted molar refractivity (Wildman–Crippen MR) is 153 cm³/mol. The van der Waals surface area contributed by atoms with E-state index in [0.29, 0.717) is 11.5 Å². The average molecular weight is 497 g/mol. The molecule has 0 aromatic carbocycles. The van der Waals surface area contributed by atoms with Crippen LogP contribution in [0.3, 0.4) is 0 Å². The first-order valence-corrected chi connectivity index (χ1v) is 12.7. The molecule has 2 N–H and O–H groups in total. The normalized spacial score (nSPS) is 13.0. The first-order chi connectivity index (χ1) is 17.2. The second kappa shape index (κ2) is 10.3. The number of hydrogen-bond donors (Lipinski definition) is 2. The van der Waals surface area contributed by atoms with Crippen LogP contribution in [0, 0.1) is 6.92 Å². The molecule has 36 heavy (non-hydrogen) atoms. The first-order valence-electron chi connectivity index (χ1n) is 11.8. The molecule has 4 aromatic heterocycles. The van der Waals surface area contributed by atoms with Gasteiger partial charge in [0, 0.05) is 45.0 Å². The minimum absolute atomic E-state index is 0.677. The van der Waals surface area contributed by atoms with Crippen LogP contribution >= 0.6 is 11.3 Å². The maximum Gasteiger partial charge on any atom is 0.159 e. The van der Waals surface area contributed by atoms with Gasteiger partial charge in [0.25, 0.3) is 0 Å². The van der Waals surface area contributed by atoms with E-state index in [4.69, 9.17) is 4.98 Å². The summed E-state index contributed by atoms with van der Waals surface area (Å²) in [4.78, 5) is 10.6. The van der Waals surface area contributed by atoms with Crippen molar-refractivity contribution < 1.29 is 0 Å². The van der Waals surface area contributed by atoms with E-state index in [0.717, 1.165) is 66.1 Å². The third-order valence-corrected chi connectivity index (χ3v) is 7.29. The summed E-state index contributed by atoms with van der Waals surface area (Å²) < 4.78 is 1.86. The zero-order valence-corrected chi connectivity index (χ0v) is 22.4. The van der Waals surface area contributed by atoms with Gasteiger partial charge in [-0.05, 0) is 56.5 Å². The number of imidazole rings is 1. The number of nitrogens with zero attached hydrogens (tertiary/aromatic N) is 4. The highest BCUT2D eigenvalue weighted by Gasteiger charge is 2.17. The van der Waals surface area contributed by atoms with Crippen molar-refractivity contribution in [2.75, 3.05) is 0 Å². The second-order valence-corrected chi connectivity index (χ2v) is 9.90. The van der Waals surface area contributed by atoms with Gasteiger partial charge < -0.3 is 4.98 Å². The molecule has 184 valence electrons. The molecule has 0 atom stereocenters. The number of aromatic amines is 2. The molecule has 7 heteroatoms. The van der Waals surface area contributed by atoms with E-state index in [1.54, 1.807) is 17.4 Å². The predicted octanol–water partition coefficient (Wildman–Crippen LogP) is 5.41. The summed E-state index contributed by atoms with van der Waals surface area (Å²) in [5.74, 6) is 0.677. The highest BCUT2D eigenvalue weighted by atomic mass is 32.1. The first kappa shape index (κ1) is 25.1. The maximum absolute atomic E-state index is 4.92. The number of aryl methyl sites for hydroxylation is 3. The highest BCUT2D eigenvalue weighted by molar-refractivity contribution is 7.14. The monoisotopic (exact) mass is 496 g/mol. The lowest BCUT2D eigenvalue weighted by Crippen LogP contribution is -2.21. The van der Waals surface area contributed by atoms with Crippen molar-refractivity contribution in [1.29, 1.82) is 0 Å². The molecule has 0 unspecified atom stereocenters. The van der Waals surface area contributed by atoms with Crippen LogP contribution < -0.4 is 10.6 Å². The van der Waals surface area contributed by atoms with Gasteiger partial charge in [-0.1, -0.05) is 44.9 Å². The Morgan fingerprint density at radius 3 is 2.61 bits per heavy atom. The second-order valence-electron chi connectivity index (χ2n) is 8.82. The molecule has 0 aliphatic carbocycles. The number of allylic oxidation sites excluding steroid dienone is 5. The van der Waals surface area contributed by atoms with Crippen LogP contribution in [0.15, 0.2) is 49.7 Å². The van der Waals surface area contributed by atoms with Gasteiger partial charge in [0.2, 0.25) is 0 Å². The Balaban J connectivity index is 1.70. The molecule has 4 rings (SSSR count). The van der Waals surface area contributed by atoms with Gasteiger partial charge in [-0.15, -0.1) is 11.3 Å². The fourth-order valence-corrected chi connectivity index (χ4v) is 5.04. The SMILES string of the molecule is C=C/C=C(/c1ccc(C(=C)C)s1)c1nc(-c2n[nH]/c(=C/C=C(\C)c3cn(C)nc3CC)c2=C)[nH]c1C. The molecular weight excluding hydrogens is 464 g/mol. The summed E-state index contributed by atoms with van der Waals surface area (Å²) >= 11 is 1.70. The molecule has 4 aromatic rings. The standard InChI is InChI=1S/C29H32N6S/c1-9-11-21(26-15-14-25(36-26)17(3)4)28-20(7)30-29(31-28)27-19(6)24(32-33-27)13-12-18(5)22-16-35(8)34-23(22)10-2/h9,11-16,32H,1,3,6,10H2,2,4-5,7-8H3,(H,30,31)/b18-12+,21-11-,24-13+. The zero-order chi connectivity index (χ0) is 26.0. The molecule has 6 nitrogen and oxygen atoms in total. The van der Waals surface area contributed by atoms with Crippen molar-refractivity contribution in [3.8, 4) is 11.5 Å². The third kappa shape index (κ3) is 4.88. The molecular formula is C29H32N6S. The molecule has 4 heterocycles. The van der Waals surface area contributed by atoms with Gasteiger partial charge >= 0.3 is 0 Å². The van der Waals surface area contributed by atoms with E-state index in [-0.39, 0.29) is 0 Å². The maximum atomic E-state index is 4.92. The fraction of sp³-hybridized carbons (Fsp3) is 0.207. The summed E-state index contributed by atoms with van der Waals surface area (Å²) in [5.41, 5.74) is 7.95. The van der Waals surface area contributed by atoms with Gasteiger partial charge in [0.15, 0.2) is 5.82 Å². The molecule has 0 amide bonds. The van der Waals surface area contributed by atoms with Gasteiger partial charge in [-0.3, -0.25) is 9.78 Å². The quantitative estimate of drug-likeness (QED) is 0.320. The molecule has 0 fully saturated rings. The van der Waals surface area contributed by atoms with E-state index in [9.17, 15) is 0 Å². The minimum Gasteiger partial charge on any atom is -0.340 e. The van der Waals surface area contributed by atoms with Crippen molar-refractivity contribution >= 4 is 40.7 Å². The largest absolute Gasteiger partial charge is 0.340 e. The summed E-state index contributed by atoms with van der Waals surface area (Å²) in [6.07, 6.45) is 10.8. The number of aromatic nitrogens is 6. The Morgan fingerprint density at radius 2 is 1.94 bits per heavy atom. The van der Waals surface area contributed by atoms with Gasteiger partial charge in [-0.2, -0.15) is 10.2 Å². The topological polar surface area (TPSA) is 75.2 Å². The van der Waals surface area contributed by atoms with Crippen molar-refractivity contribution in [2.24, 2.45) is 7.05 Å². The number of nitrogens with one attached hydrogen (secondary N) is 2. The van der Waals surface area contributed by atoms with Crippen molar-refractivity contribution in [3.05, 3.63) is 92.7 Å². The number of hydrogen-bond acceptors (Lipinski definition) is 4. The Kier molecular flexibility index (Phi) is 7.22. The lowest BCUT2D eigenvalue weighted by molar-refractivity contribution is 0.746. The Labute approximate surface area is 215 Å². The number of H-pyrrole nitrogens is 2. The van der Waals surface area contributed by atoms with Crippen molar-refractivity contribution in [3.63, 3.8) is 0 Å². The molecule has 0 aliphatic heterocycles. The van der Waals surface area contributed by atoms with E-state index >= 15 is 0 Å². The number of rotatable bonds is 8. The molecule has 0 radical (unpaired) electrons. The van der Waals surface area contributed by atoms with Crippen LogP contribution in [0.2, 0.25) is 0 Å². The Hall–Kier alpha value is -3.97. The Bertz CT molecular complexity index is 1620. The van der Waals surface area contributed by atoms with Crippen LogP contribution in [-0.4, -0.2) is 29.9 Å². The molecule has 0 aliphatic rings.